The summed E-state index contributed by atoms with van der Waals surface area (Å²) >= 11 is 0. The van der Waals surface area contributed by atoms with Crippen molar-refractivity contribution in [2.24, 2.45) is 0 Å². The number of anilines is 1. The summed E-state index contributed by atoms with van der Waals surface area (Å²) in [6, 6.07) is 17.5. The Balaban J connectivity index is 1.61. The highest BCUT2D eigenvalue weighted by molar-refractivity contribution is 5.93. The van der Waals surface area contributed by atoms with Gasteiger partial charge < -0.3 is 10.6 Å². The number of rotatable bonds is 7. The lowest BCUT2D eigenvalue weighted by Crippen LogP contribution is -2.23. The van der Waals surface area contributed by atoms with Crippen LogP contribution >= 0.6 is 0 Å². The van der Waals surface area contributed by atoms with Crippen LogP contribution < -0.4 is 10.6 Å². The quantitative estimate of drug-likeness (QED) is 0.496. The lowest BCUT2D eigenvalue weighted by Gasteiger charge is -2.08. The molecule has 150 valence electrons. The fourth-order valence-corrected chi connectivity index (χ4v) is 3.12. The van der Waals surface area contributed by atoms with E-state index in [0.717, 1.165) is 28.2 Å². The first-order chi connectivity index (χ1) is 14.7. The lowest BCUT2D eigenvalue weighted by molar-refractivity contribution is 0.0951. The van der Waals surface area contributed by atoms with E-state index in [1.165, 1.54) is 0 Å². The van der Waals surface area contributed by atoms with Gasteiger partial charge in [-0.15, -0.1) is 0 Å². The van der Waals surface area contributed by atoms with Gasteiger partial charge in [0.25, 0.3) is 5.91 Å². The molecule has 30 heavy (non-hydrogen) atoms. The summed E-state index contributed by atoms with van der Waals surface area (Å²) in [5, 5.41) is 11.0. The normalized spacial score (nSPS) is 10.6. The molecular formula is C23H22N6O. The third-order valence-corrected chi connectivity index (χ3v) is 4.58. The minimum Gasteiger partial charge on any atom is -0.381 e. The first-order valence-electron chi connectivity index (χ1n) is 9.77. The molecule has 0 aliphatic heterocycles. The van der Waals surface area contributed by atoms with Gasteiger partial charge >= 0.3 is 0 Å². The average Bonchev–Trinajstić information content (AvgIpc) is 3.24. The van der Waals surface area contributed by atoms with Crippen LogP contribution in [0.15, 0.2) is 79.4 Å². The van der Waals surface area contributed by atoms with Crippen LogP contribution in [0.2, 0.25) is 0 Å². The molecule has 3 aromatic heterocycles. The van der Waals surface area contributed by atoms with Crippen molar-refractivity contribution in [3.8, 4) is 16.9 Å². The number of benzene rings is 1. The monoisotopic (exact) mass is 398 g/mol. The van der Waals surface area contributed by atoms with Gasteiger partial charge in [0.2, 0.25) is 0 Å². The zero-order chi connectivity index (χ0) is 20.8. The van der Waals surface area contributed by atoms with Gasteiger partial charge in [-0.2, -0.15) is 5.10 Å². The van der Waals surface area contributed by atoms with Crippen LogP contribution in [0.5, 0.6) is 0 Å². The van der Waals surface area contributed by atoms with E-state index in [0.29, 0.717) is 18.8 Å². The lowest BCUT2D eigenvalue weighted by atomic mass is 10.1. The van der Waals surface area contributed by atoms with Crippen LogP contribution in [0, 0.1) is 0 Å². The second-order valence-corrected chi connectivity index (χ2v) is 6.66. The topological polar surface area (TPSA) is 84.7 Å². The number of aromatic nitrogens is 4. The molecule has 0 saturated heterocycles. The minimum absolute atomic E-state index is 0.185. The van der Waals surface area contributed by atoms with E-state index >= 15 is 0 Å². The molecule has 2 N–H and O–H groups in total. The molecule has 0 spiro atoms. The zero-order valence-electron chi connectivity index (χ0n) is 16.6. The highest BCUT2D eigenvalue weighted by Gasteiger charge is 2.13. The van der Waals surface area contributed by atoms with Gasteiger partial charge in [0, 0.05) is 54.7 Å². The number of nitrogens with zero attached hydrogens (tertiary/aromatic N) is 4. The number of carbonyl (C=O) groups is 1. The van der Waals surface area contributed by atoms with Crippen molar-refractivity contribution in [1.82, 2.24) is 25.1 Å². The standard InChI is InChI=1S/C23H22N6O/c1-2-25-23(30)21-14-19(10-13-26-21)27-15-18-16-29(20-6-4-3-5-7-20)28-22(18)17-8-11-24-12-9-17/h3-14,16H,2,15H2,1H3,(H,25,30)(H,26,27). The second kappa shape index (κ2) is 9.00. The summed E-state index contributed by atoms with van der Waals surface area (Å²) in [4.78, 5) is 20.3. The Hall–Kier alpha value is -4.00. The fraction of sp³-hybridized carbons (Fsp3) is 0.130. The summed E-state index contributed by atoms with van der Waals surface area (Å²) in [6.07, 6.45) is 7.17. The fourth-order valence-electron chi connectivity index (χ4n) is 3.12. The Morgan fingerprint density at radius 2 is 1.83 bits per heavy atom. The Kier molecular flexibility index (Phi) is 5.80. The molecule has 0 atom stereocenters. The number of amides is 1. The summed E-state index contributed by atoms with van der Waals surface area (Å²) in [6.45, 7) is 2.99. The predicted molar refractivity (Wildman–Crippen MR) is 116 cm³/mol. The molecular weight excluding hydrogens is 376 g/mol. The number of para-hydroxylation sites is 1. The van der Waals surface area contributed by atoms with Crippen LogP contribution in [-0.4, -0.2) is 32.2 Å². The Morgan fingerprint density at radius 1 is 1.03 bits per heavy atom. The van der Waals surface area contributed by atoms with Crippen LogP contribution in [0.1, 0.15) is 23.0 Å². The molecule has 7 nitrogen and oxygen atoms in total. The number of nitrogens with one attached hydrogen (secondary N) is 2. The molecule has 4 rings (SSSR count). The zero-order valence-corrected chi connectivity index (χ0v) is 16.6. The Bertz CT molecular complexity index is 1120. The first kappa shape index (κ1) is 19.3. The van der Waals surface area contributed by atoms with Crippen molar-refractivity contribution in [2.45, 2.75) is 13.5 Å². The number of hydrogen-bond acceptors (Lipinski definition) is 5. The highest BCUT2D eigenvalue weighted by atomic mass is 16.1. The maximum atomic E-state index is 12.0. The number of pyridine rings is 2. The molecule has 3 heterocycles. The minimum atomic E-state index is -0.185. The maximum absolute atomic E-state index is 12.0. The summed E-state index contributed by atoms with van der Waals surface area (Å²) in [5.41, 5.74) is 5.10. The van der Waals surface area contributed by atoms with Crippen molar-refractivity contribution in [3.05, 3.63) is 90.6 Å². The van der Waals surface area contributed by atoms with Gasteiger partial charge in [-0.25, -0.2) is 4.68 Å². The van der Waals surface area contributed by atoms with Gasteiger partial charge in [0.1, 0.15) is 5.69 Å². The molecule has 0 unspecified atom stereocenters. The maximum Gasteiger partial charge on any atom is 0.269 e. The number of carbonyl (C=O) groups excluding carboxylic acids is 1. The third kappa shape index (κ3) is 4.35. The molecule has 0 radical (unpaired) electrons. The van der Waals surface area contributed by atoms with Crippen LogP contribution in [0.25, 0.3) is 16.9 Å². The van der Waals surface area contributed by atoms with E-state index < -0.39 is 0 Å². The SMILES string of the molecule is CCNC(=O)c1cc(NCc2cn(-c3ccccc3)nc2-c2ccncc2)ccn1. The Labute approximate surface area is 174 Å². The van der Waals surface area contributed by atoms with E-state index in [1.54, 1.807) is 24.7 Å². The average molecular weight is 398 g/mol. The van der Waals surface area contributed by atoms with E-state index in [-0.39, 0.29) is 5.91 Å². The van der Waals surface area contributed by atoms with Crippen molar-refractivity contribution in [1.29, 1.82) is 0 Å². The highest BCUT2D eigenvalue weighted by Crippen LogP contribution is 2.24. The molecule has 1 aromatic carbocycles. The van der Waals surface area contributed by atoms with E-state index in [1.807, 2.05) is 66.3 Å². The van der Waals surface area contributed by atoms with Crippen molar-refractivity contribution >= 4 is 11.6 Å². The molecule has 0 aliphatic carbocycles. The molecule has 0 fully saturated rings. The van der Waals surface area contributed by atoms with E-state index in [2.05, 4.69) is 20.6 Å². The van der Waals surface area contributed by atoms with Crippen molar-refractivity contribution in [3.63, 3.8) is 0 Å². The molecule has 0 saturated carbocycles. The van der Waals surface area contributed by atoms with Gasteiger partial charge in [-0.1, -0.05) is 18.2 Å². The van der Waals surface area contributed by atoms with Gasteiger partial charge in [0.15, 0.2) is 0 Å². The van der Waals surface area contributed by atoms with Crippen molar-refractivity contribution in [2.75, 3.05) is 11.9 Å². The molecule has 7 heteroatoms. The van der Waals surface area contributed by atoms with Gasteiger partial charge in [0.05, 0.1) is 11.4 Å². The van der Waals surface area contributed by atoms with Gasteiger partial charge in [-0.05, 0) is 43.3 Å². The van der Waals surface area contributed by atoms with Crippen LogP contribution in [0.4, 0.5) is 5.69 Å². The first-order valence-corrected chi connectivity index (χ1v) is 9.77. The molecule has 0 aliphatic rings. The summed E-state index contributed by atoms with van der Waals surface area (Å²) in [7, 11) is 0. The molecule has 1 amide bonds. The third-order valence-electron chi connectivity index (χ3n) is 4.58. The second-order valence-electron chi connectivity index (χ2n) is 6.66. The van der Waals surface area contributed by atoms with Gasteiger partial charge in [-0.3, -0.25) is 14.8 Å². The predicted octanol–water partition coefficient (Wildman–Crippen LogP) is 3.69. The summed E-state index contributed by atoms with van der Waals surface area (Å²) < 4.78 is 1.87. The van der Waals surface area contributed by atoms with Crippen LogP contribution in [0.3, 0.4) is 0 Å². The molecule has 4 aromatic rings. The smallest absolute Gasteiger partial charge is 0.269 e. The number of hydrogen-bond donors (Lipinski definition) is 2. The van der Waals surface area contributed by atoms with E-state index in [4.69, 9.17) is 5.10 Å². The molecule has 0 bridgehead atoms. The summed E-state index contributed by atoms with van der Waals surface area (Å²) in [5.74, 6) is -0.185. The Morgan fingerprint density at radius 3 is 2.60 bits per heavy atom. The largest absolute Gasteiger partial charge is 0.381 e. The van der Waals surface area contributed by atoms with Crippen molar-refractivity contribution < 1.29 is 4.79 Å². The van der Waals surface area contributed by atoms with E-state index in [9.17, 15) is 4.79 Å². The van der Waals surface area contributed by atoms with Crippen LogP contribution in [-0.2, 0) is 6.54 Å².